The van der Waals surface area contributed by atoms with Crippen molar-refractivity contribution in [3.63, 3.8) is 0 Å². The summed E-state index contributed by atoms with van der Waals surface area (Å²) in [5, 5.41) is 0.844. The van der Waals surface area contributed by atoms with Crippen LogP contribution in [0.25, 0.3) is 22.3 Å². The summed E-state index contributed by atoms with van der Waals surface area (Å²) in [6, 6.07) is 8.75. The van der Waals surface area contributed by atoms with Crippen LogP contribution in [0, 0.1) is 0 Å². The van der Waals surface area contributed by atoms with Gasteiger partial charge in [-0.15, -0.1) is 0 Å². The third-order valence-corrected chi connectivity index (χ3v) is 4.55. The highest BCUT2D eigenvalue weighted by atomic mass is 19.4. The number of furan rings is 1. The maximum absolute atomic E-state index is 12.9. The van der Waals surface area contributed by atoms with Crippen LogP contribution in [-0.4, -0.2) is 18.1 Å². The first kappa shape index (κ1) is 16.0. The molecule has 1 aliphatic rings. The number of fused-ring (bicyclic) bond motifs is 1. The van der Waals surface area contributed by atoms with Crippen molar-refractivity contribution in [2.24, 2.45) is 0 Å². The lowest BCUT2D eigenvalue weighted by Crippen LogP contribution is -2.30. The summed E-state index contributed by atoms with van der Waals surface area (Å²) in [7, 11) is 0. The van der Waals surface area contributed by atoms with Gasteiger partial charge in [0.15, 0.2) is 0 Å². The lowest BCUT2D eigenvalue weighted by molar-refractivity contribution is -0.137. The van der Waals surface area contributed by atoms with Crippen molar-refractivity contribution < 1.29 is 17.6 Å². The third kappa shape index (κ3) is 3.08. The monoisotopic (exact) mass is 346 g/mol. The summed E-state index contributed by atoms with van der Waals surface area (Å²) in [4.78, 5) is 6.70. The molecule has 130 valence electrons. The van der Waals surface area contributed by atoms with Gasteiger partial charge in [0.1, 0.15) is 17.2 Å². The van der Waals surface area contributed by atoms with Crippen molar-refractivity contribution in [2.45, 2.75) is 25.4 Å². The van der Waals surface area contributed by atoms with Gasteiger partial charge in [-0.1, -0.05) is 12.1 Å². The lowest BCUT2D eigenvalue weighted by Gasteiger charge is -2.27. The number of pyridine rings is 1. The molecule has 0 unspecified atom stereocenters. The van der Waals surface area contributed by atoms with E-state index < -0.39 is 11.7 Å². The number of aromatic nitrogens is 1. The molecule has 1 aliphatic heterocycles. The Kier molecular flexibility index (Phi) is 3.90. The second kappa shape index (κ2) is 6.10. The molecule has 0 saturated carbocycles. The fourth-order valence-corrected chi connectivity index (χ4v) is 3.30. The molecule has 1 fully saturated rings. The van der Waals surface area contributed by atoms with Gasteiger partial charge in [0.25, 0.3) is 0 Å². The van der Waals surface area contributed by atoms with Crippen molar-refractivity contribution in [2.75, 3.05) is 18.0 Å². The number of nitrogens with zero attached hydrogens (tertiary/aromatic N) is 2. The molecule has 0 bridgehead atoms. The third-order valence-electron chi connectivity index (χ3n) is 4.55. The van der Waals surface area contributed by atoms with Gasteiger partial charge >= 0.3 is 6.18 Å². The van der Waals surface area contributed by atoms with E-state index >= 15 is 0 Å². The first-order chi connectivity index (χ1) is 12.0. The standard InChI is InChI=1S/C19H17F3N2O/c20-19(21,22)14-6-4-5-13(11-14)17-12-15-16(25-17)7-8-23-18(15)24-9-2-1-3-10-24/h4-8,11-12H,1-3,9-10H2. The van der Waals surface area contributed by atoms with Crippen LogP contribution >= 0.6 is 0 Å². The van der Waals surface area contributed by atoms with Crippen molar-refractivity contribution in [3.05, 3.63) is 48.2 Å². The van der Waals surface area contributed by atoms with E-state index in [-0.39, 0.29) is 0 Å². The molecule has 3 nitrogen and oxygen atoms in total. The number of piperidine rings is 1. The van der Waals surface area contributed by atoms with Crippen LogP contribution in [0.5, 0.6) is 0 Å². The van der Waals surface area contributed by atoms with Crippen LogP contribution < -0.4 is 4.90 Å². The molecular weight excluding hydrogens is 329 g/mol. The molecule has 0 aliphatic carbocycles. The molecule has 0 N–H and O–H groups in total. The average molecular weight is 346 g/mol. The van der Waals surface area contributed by atoms with Crippen LogP contribution in [0.3, 0.4) is 0 Å². The zero-order valence-corrected chi connectivity index (χ0v) is 13.5. The molecule has 2 aromatic heterocycles. The first-order valence-corrected chi connectivity index (χ1v) is 8.33. The zero-order valence-electron chi connectivity index (χ0n) is 13.5. The summed E-state index contributed by atoms with van der Waals surface area (Å²) >= 11 is 0. The lowest BCUT2D eigenvalue weighted by atomic mass is 10.1. The Morgan fingerprint density at radius 3 is 2.56 bits per heavy atom. The van der Waals surface area contributed by atoms with Gasteiger partial charge in [-0.05, 0) is 43.5 Å². The molecule has 0 radical (unpaired) electrons. The maximum Gasteiger partial charge on any atom is 0.416 e. The Balaban J connectivity index is 1.77. The van der Waals surface area contributed by atoms with Crippen molar-refractivity contribution in [1.82, 2.24) is 4.98 Å². The second-order valence-electron chi connectivity index (χ2n) is 6.28. The van der Waals surface area contributed by atoms with E-state index in [0.717, 1.165) is 49.3 Å². The van der Waals surface area contributed by atoms with Crippen LogP contribution in [-0.2, 0) is 6.18 Å². The Morgan fingerprint density at radius 2 is 1.80 bits per heavy atom. The maximum atomic E-state index is 12.9. The number of halogens is 3. The van der Waals surface area contributed by atoms with Crippen molar-refractivity contribution >= 4 is 16.8 Å². The summed E-state index contributed by atoms with van der Waals surface area (Å²) in [5.41, 5.74) is 0.374. The van der Waals surface area contributed by atoms with E-state index in [2.05, 4.69) is 9.88 Å². The Hall–Kier alpha value is -2.50. The number of anilines is 1. The quantitative estimate of drug-likeness (QED) is 0.613. The molecule has 1 saturated heterocycles. The minimum absolute atomic E-state index is 0.413. The van der Waals surface area contributed by atoms with Crippen LogP contribution in [0.1, 0.15) is 24.8 Å². The number of alkyl halides is 3. The fourth-order valence-electron chi connectivity index (χ4n) is 3.30. The Morgan fingerprint density at radius 1 is 1.00 bits per heavy atom. The number of hydrogen-bond acceptors (Lipinski definition) is 3. The normalized spacial score (nSPS) is 15.7. The highest BCUT2D eigenvalue weighted by Gasteiger charge is 2.30. The highest BCUT2D eigenvalue weighted by Crippen LogP contribution is 2.36. The van der Waals surface area contributed by atoms with Gasteiger partial charge < -0.3 is 9.32 Å². The molecule has 0 amide bonds. The van der Waals surface area contributed by atoms with Crippen molar-refractivity contribution in [3.8, 4) is 11.3 Å². The Labute approximate surface area is 143 Å². The molecule has 3 heterocycles. The van der Waals surface area contributed by atoms with E-state index in [0.29, 0.717) is 16.9 Å². The second-order valence-corrected chi connectivity index (χ2v) is 6.28. The minimum atomic E-state index is -4.37. The molecule has 6 heteroatoms. The summed E-state index contributed by atoms with van der Waals surface area (Å²) in [6.07, 6.45) is 0.772. The van der Waals surface area contributed by atoms with E-state index in [1.165, 1.54) is 12.5 Å². The summed E-state index contributed by atoms with van der Waals surface area (Å²) < 4.78 is 44.7. The smallest absolute Gasteiger partial charge is 0.416 e. The molecule has 1 aromatic carbocycles. The van der Waals surface area contributed by atoms with E-state index in [1.54, 1.807) is 24.4 Å². The molecule has 0 spiro atoms. The number of rotatable bonds is 2. The Bertz CT molecular complexity index is 895. The SMILES string of the molecule is FC(F)(F)c1cccc(-c2cc3c(N4CCCCC4)nccc3o2)c1. The highest BCUT2D eigenvalue weighted by molar-refractivity contribution is 5.92. The van der Waals surface area contributed by atoms with Gasteiger partial charge in [0, 0.05) is 24.8 Å². The van der Waals surface area contributed by atoms with Crippen LogP contribution in [0.4, 0.5) is 19.0 Å². The van der Waals surface area contributed by atoms with Crippen molar-refractivity contribution in [1.29, 1.82) is 0 Å². The fraction of sp³-hybridized carbons (Fsp3) is 0.316. The van der Waals surface area contributed by atoms with E-state index in [1.807, 2.05) is 0 Å². The first-order valence-electron chi connectivity index (χ1n) is 8.33. The summed E-state index contributed by atoms with van der Waals surface area (Å²) in [6.45, 7) is 1.88. The molecular formula is C19H17F3N2O. The largest absolute Gasteiger partial charge is 0.456 e. The minimum Gasteiger partial charge on any atom is -0.456 e. The molecule has 3 aromatic rings. The predicted molar refractivity (Wildman–Crippen MR) is 90.5 cm³/mol. The van der Waals surface area contributed by atoms with Gasteiger partial charge in [-0.3, -0.25) is 0 Å². The number of benzene rings is 1. The van der Waals surface area contributed by atoms with E-state index in [4.69, 9.17) is 4.42 Å². The molecule has 4 rings (SSSR count). The zero-order chi connectivity index (χ0) is 17.4. The average Bonchev–Trinajstić information content (AvgIpc) is 3.06. The van der Waals surface area contributed by atoms with Gasteiger partial charge in [0.05, 0.1) is 10.9 Å². The van der Waals surface area contributed by atoms with Crippen LogP contribution in [0.2, 0.25) is 0 Å². The number of hydrogen-bond donors (Lipinski definition) is 0. The molecule has 25 heavy (non-hydrogen) atoms. The molecule has 0 atom stereocenters. The van der Waals surface area contributed by atoms with Crippen LogP contribution in [0.15, 0.2) is 47.0 Å². The van der Waals surface area contributed by atoms with Gasteiger partial charge in [-0.2, -0.15) is 13.2 Å². The summed E-state index contributed by atoms with van der Waals surface area (Å²) in [5.74, 6) is 1.27. The predicted octanol–water partition coefficient (Wildman–Crippen LogP) is 5.50. The van der Waals surface area contributed by atoms with E-state index in [9.17, 15) is 13.2 Å². The van der Waals surface area contributed by atoms with Gasteiger partial charge in [-0.25, -0.2) is 4.98 Å². The topological polar surface area (TPSA) is 29.3 Å². The van der Waals surface area contributed by atoms with Gasteiger partial charge in [0.2, 0.25) is 0 Å².